The molecular formula is C32H24N2Sn. The van der Waals surface area contributed by atoms with Crippen LogP contribution in [0.2, 0.25) is 0 Å². The number of nitrogens with zero attached hydrogens (tertiary/aromatic N) is 2. The quantitative estimate of drug-likeness (QED) is 0.190. The van der Waals surface area contributed by atoms with Crippen molar-refractivity contribution in [2.24, 2.45) is 0 Å². The summed E-state index contributed by atoms with van der Waals surface area (Å²) < 4.78 is 5.17. The van der Waals surface area contributed by atoms with Gasteiger partial charge in [0.05, 0.1) is 0 Å². The molecule has 0 heterocycles. The van der Waals surface area contributed by atoms with E-state index in [0.29, 0.717) is 0 Å². The summed E-state index contributed by atoms with van der Waals surface area (Å²) in [5.41, 5.74) is 5.00. The number of hydrogen-bond acceptors (Lipinski definition) is 2. The molecule has 166 valence electrons. The van der Waals surface area contributed by atoms with Crippen LogP contribution in [-0.4, -0.2) is 21.7 Å². The molecule has 0 fully saturated rings. The molecule has 6 aromatic carbocycles. The fourth-order valence-electron chi connectivity index (χ4n) is 4.56. The van der Waals surface area contributed by atoms with Gasteiger partial charge in [-0.2, -0.15) is 0 Å². The maximum absolute atomic E-state index is 2.58. The van der Waals surface area contributed by atoms with E-state index in [-0.39, 0.29) is 0 Å². The van der Waals surface area contributed by atoms with Gasteiger partial charge in [0.15, 0.2) is 0 Å². The third-order valence-electron chi connectivity index (χ3n) is 6.24. The Kier molecular flexibility index (Phi) is 6.12. The van der Waals surface area contributed by atoms with E-state index in [9.17, 15) is 0 Å². The van der Waals surface area contributed by atoms with Crippen LogP contribution in [0.3, 0.4) is 0 Å². The first-order chi connectivity index (χ1) is 17.4. The Morgan fingerprint density at radius 3 is 1.17 bits per heavy atom. The summed E-state index contributed by atoms with van der Waals surface area (Å²) in [6, 6.07) is 52.3. The summed E-state index contributed by atoms with van der Waals surface area (Å²) in [5, 5.41) is 5.10. The topological polar surface area (TPSA) is 6.48 Å². The van der Waals surface area contributed by atoms with E-state index in [1.807, 2.05) is 0 Å². The van der Waals surface area contributed by atoms with Crippen LogP contribution in [0.15, 0.2) is 146 Å². The van der Waals surface area contributed by atoms with Crippen molar-refractivity contribution in [1.82, 2.24) is 0 Å². The van der Waals surface area contributed by atoms with E-state index in [4.69, 9.17) is 0 Å². The molecule has 0 spiro atoms. The van der Waals surface area contributed by atoms with Crippen molar-refractivity contribution in [2.45, 2.75) is 0 Å². The third-order valence-corrected chi connectivity index (χ3v) is 10.2. The first-order valence-electron chi connectivity index (χ1n) is 11.8. The van der Waals surface area contributed by atoms with Gasteiger partial charge >= 0.3 is 218 Å². The van der Waals surface area contributed by atoms with Crippen molar-refractivity contribution < 1.29 is 0 Å². The fraction of sp³-hybridized carbons (Fsp3) is 0. The van der Waals surface area contributed by atoms with Crippen LogP contribution in [0.5, 0.6) is 0 Å². The van der Waals surface area contributed by atoms with Gasteiger partial charge in [-0.15, -0.1) is 0 Å². The summed E-state index contributed by atoms with van der Waals surface area (Å²) >= 11 is -1.45. The standard InChI is InChI=1S/2C16H12N.Sn/c2*1-2-9-14(10-3-1)17-16-12-6-8-13-7-4-5-11-15(13)16;/h2*1-12H;/q2*-1;+2. The number of hydrogen-bond donors (Lipinski definition) is 0. The molecule has 3 heteroatoms. The van der Waals surface area contributed by atoms with Crippen LogP contribution in [0.25, 0.3) is 21.5 Å². The zero-order chi connectivity index (χ0) is 23.5. The number of benzene rings is 6. The second-order valence-corrected chi connectivity index (χ2v) is 11.6. The minimum absolute atomic E-state index is 1.23. The van der Waals surface area contributed by atoms with Gasteiger partial charge in [0.1, 0.15) is 0 Å². The van der Waals surface area contributed by atoms with Gasteiger partial charge in [0.2, 0.25) is 0 Å². The Morgan fingerprint density at radius 1 is 0.343 bits per heavy atom. The van der Waals surface area contributed by atoms with Gasteiger partial charge in [0.25, 0.3) is 0 Å². The molecule has 6 aromatic rings. The van der Waals surface area contributed by atoms with Crippen LogP contribution >= 0.6 is 0 Å². The molecule has 35 heavy (non-hydrogen) atoms. The Balaban J connectivity index is 1.56. The fourth-order valence-corrected chi connectivity index (χ4v) is 8.37. The zero-order valence-electron chi connectivity index (χ0n) is 19.3. The molecule has 0 amide bonds. The zero-order valence-corrected chi connectivity index (χ0v) is 22.1. The summed E-state index contributed by atoms with van der Waals surface area (Å²) in [4.78, 5) is 0. The molecule has 0 N–H and O–H groups in total. The van der Waals surface area contributed by atoms with Gasteiger partial charge in [-0.05, 0) is 0 Å². The first kappa shape index (κ1) is 21.8. The molecular weight excluding hydrogens is 531 g/mol. The Labute approximate surface area is 217 Å². The molecule has 0 aromatic heterocycles. The average Bonchev–Trinajstić information content (AvgIpc) is 2.94. The van der Waals surface area contributed by atoms with E-state index < -0.39 is 21.7 Å². The van der Waals surface area contributed by atoms with Crippen LogP contribution in [0.1, 0.15) is 0 Å². The van der Waals surface area contributed by atoms with Crippen molar-refractivity contribution in [3.63, 3.8) is 0 Å². The van der Waals surface area contributed by atoms with Crippen LogP contribution in [0.4, 0.5) is 22.7 Å². The summed E-state index contributed by atoms with van der Waals surface area (Å²) in [7, 11) is 0. The Bertz CT molecular complexity index is 1450. The van der Waals surface area contributed by atoms with Crippen LogP contribution in [0, 0.1) is 0 Å². The summed E-state index contributed by atoms with van der Waals surface area (Å²) in [6.45, 7) is 0. The average molecular weight is 555 g/mol. The third kappa shape index (κ3) is 4.38. The summed E-state index contributed by atoms with van der Waals surface area (Å²) in [5.74, 6) is 0. The van der Waals surface area contributed by atoms with E-state index in [2.05, 4.69) is 152 Å². The van der Waals surface area contributed by atoms with Gasteiger partial charge in [0, 0.05) is 0 Å². The van der Waals surface area contributed by atoms with Gasteiger partial charge < -0.3 is 0 Å². The molecule has 0 saturated carbocycles. The van der Waals surface area contributed by atoms with Crippen LogP contribution < -0.4 is 6.24 Å². The number of fused-ring (bicyclic) bond motifs is 2. The van der Waals surface area contributed by atoms with Crippen molar-refractivity contribution in [1.29, 1.82) is 0 Å². The number of para-hydroxylation sites is 2. The number of rotatable bonds is 6. The van der Waals surface area contributed by atoms with Gasteiger partial charge in [-0.3, -0.25) is 0 Å². The minimum atomic E-state index is -1.45. The maximum atomic E-state index is 2.58. The molecule has 6 rings (SSSR count). The van der Waals surface area contributed by atoms with Gasteiger partial charge in [-0.1, -0.05) is 0 Å². The Hall–Kier alpha value is -3.76. The summed E-state index contributed by atoms with van der Waals surface area (Å²) in [6.07, 6.45) is 0. The Morgan fingerprint density at radius 2 is 0.714 bits per heavy atom. The second kappa shape index (κ2) is 9.85. The SMILES string of the molecule is c1ccc([N]([Sn][N](c2ccccc2)c2cccc3ccccc23)c2cccc3ccccc23)cc1. The van der Waals surface area contributed by atoms with E-state index >= 15 is 0 Å². The molecule has 0 unspecified atom stereocenters. The molecule has 0 atom stereocenters. The molecule has 2 nitrogen and oxygen atoms in total. The molecule has 0 saturated heterocycles. The van der Waals surface area contributed by atoms with Gasteiger partial charge in [-0.25, -0.2) is 0 Å². The van der Waals surface area contributed by atoms with E-state index in [1.54, 1.807) is 0 Å². The van der Waals surface area contributed by atoms with E-state index in [1.165, 1.54) is 44.3 Å². The van der Waals surface area contributed by atoms with Crippen LogP contribution in [-0.2, 0) is 0 Å². The number of anilines is 4. The monoisotopic (exact) mass is 556 g/mol. The molecule has 2 radical (unpaired) electrons. The van der Waals surface area contributed by atoms with E-state index in [0.717, 1.165) is 0 Å². The first-order valence-corrected chi connectivity index (χ1v) is 14.4. The molecule has 0 bridgehead atoms. The molecule has 0 aliphatic heterocycles. The van der Waals surface area contributed by atoms with Crippen molar-refractivity contribution in [3.05, 3.63) is 146 Å². The predicted molar refractivity (Wildman–Crippen MR) is 151 cm³/mol. The predicted octanol–water partition coefficient (Wildman–Crippen LogP) is 8.50. The van der Waals surface area contributed by atoms with Crippen molar-refractivity contribution in [2.75, 3.05) is 6.24 Å². The normalized spacial score (nSPS) is 11.0. The molecule has 0 aliphatic rings. The molecule has 0 aliphatic carbocycles. The van der Waals surface area contributed by atoms with Crippen molar-refractivity contribution >= 4 is 66.0 Å². The van der Waals surface area contributed by atoms with Crippen molar-refractivity contribution in [3.8, 4) is 0 Å². The second-order valence-electron chi connectivity index (χ2n) is 8.44.